The molecule has 0 radical (unpaired) electrons. The molecule has 0 aliphatic carbocycles. The van der Waals surface area contributed by atoms with Gasteiger partial charge in [0.15, 0.2) is 5.78 Å². The van der Waals surface area contributed by atoms with Crippen molar-refractivity contribution < 1.29 is 23.9 Å². The van der Waals surface area contributed by atoms with E-state index in [-0.39, 0.29) is 36.4 Å². The standard InChI is InChI=1S/C32H37N3O5S/c1-39-25-9-7-23(8-10-25)28(36)11-12-30(37)34-17-15-24(16-18-34)31-33-27(21-41-31)32(38)35-19-13-22(14-20-35)26-5-3-4-6-29(26)40-2/h3-10,21-22,24H,11-20H2,1-2H3. The summed E-state index contributed by atoms with van der Waals surface area (Å²) in [7, 11) is 3.28. The minimum absolute atomic E-state index is 0.000109. The van der Waals surface area contributed by atoms with Crippen molar-refractivity contribution in [2.45, 2.75) is 50.4 Å². The smallest absolute Gasteiger partial charge is 0.273 e. The first-order chi connectivity index (χ1) is 20.0. The predicted octanol–water partition coefficient (Wildman–Crippen LogP) is 5.55. The van der Waals surface area contributed by atoms with Crippen LogP contribution in [0.4, 0.5) is 0 Å². The van der Waals surface area contributed by atoms with Gasteiger partial charge >= 0.3 is 0 Å². The van der Waals surface area contributed by atoms with Crippen molar-refractivity contribution in [1.29, 1.82) is 0 Å². The second kappa shape index (κ2) is 13.3. The van der Waals surface area contributed by atoms with Gasteiger partial charge in [-0.1, -0.05) is 18.2 Å². The molecule has 216 valence electrons. The first kappa shape index (κ1) is 28.8. The van der Waals surface area contributed by atoms with Gasteiger partial charge in [0.1, 0.15) is 17.2 Å². The van der Waals surface area contributed by atoms with E-state index in [2.05, 4.69) is 6.07 Å². The highest BCUT2D eigenvalue weighted by Crippen LogP contribution is 2.35. The largest absolute Gasteiger partial charge is 0.497 e. The number of thiazole rings is 1. The summed E-state index contributed by atoms with van der Waals surface area (Å²) in [6, 6.07) is 15.1. The lowest BCUT2D eigenvalue weighted by Crippen LogP contribution is -2.38. The van der Waals surface area contributed by atoms with E-state index in [0.29, 0.717) is 49.1 Å². The zero-order valence-corrected chi connectivity index (χ0v) is 24.5. The quantitative estimate of drug-likeness (QED) is 0.311. The van der Waals surface area contributed by atoms with Gasteiger partial charge in [-0.05, 0) is 67.5 Å². The van der Waals surface area contributed by atoms with Crippen molar-refractivity contribution in [3.05, 3.63) is 75.7 Å². The van der Waals surface area contributed by atoms with Crippen molar-refractivity contribution in [1.82, 2.24) is 14.8 Å². The number of Topliss-reactive ketones (excluding diaryl/α,β-unsaturated/α-hetero) is 1. The van der Waals surface area contributed by atoms with E-state index in [9.17, 15) is 14.4 Å². The Bertz CT molecular complexity index is 1360. The summed E-state index contributed by atoms with van der Waals surface area (Å²) in [5.41, 5.74) is 2.33. The first-order valence-electron chi connectivity index (χ1n) is 14.3. The Balaban J connectivity index is 1.07. The van der Waals surface area contributed by atoms with E-state index in [4.69, 9.17) is 14.5 Å². The molecular weight excluding hydrogens is 538 g/mol. The Morgan fingerprint density at radius 1 is 0.829 bits per heavy atom. The molecule has 2 aliphatic rings. The molecule has 9 heteroatoms. The van der Waals surface area contributed by atoms with Gasteiger partial charge in [-0.25, -0.2) is 4.98 Å². The number of likely N-dealkylation sites (tertiary alicyclic amines) is 2. The Kier molecular flexibility index (Phi) is 9.34. The van der Waals surface area contributed by atoms with Gasteiger partial charge in [-0.3, -0.25) is 14.4 Å². The second-order valence-electron chi connectivity index (χ2n) is 10.7. The molecule has 2 fully saturated rings. The number of hydrogen-bond acceptors (Lipinski definition) is 7. The number of carbonyl (C=O) groups excluding carboxylic acids is 3. The van der Waals surface area contributed by atoms with E-state index in [1.54, 1.807) is 49.8 Å². The van der Waals surface area contributed by atoms with Crippen molar-refractivity contribution in [3.8, 4) is 11.5 Å². The van der Waals surface area contributed by atoms with Crippen LogP contribution in [0.2, 0.25) is 0 Å². The maximum Gasteiger partial charge on any atom is 0.273 e. The summed E-state index contributed by atoms with van der Waals surface area (Å²) in [6.45, 7) is 2.69. The molecule has 0 atom stereocenters. The number of aromatic nitrogens is 1. The van der Waals surface area contributed by atoms with Crippen LogP contribution in [0.3, 0.4) is 0 Å². The third kappa shape index (κ3) is 6.78. The summed E-state index contributed by atoms with van der Waals surface area (Å²) in [5, 5.41) is 2.85. The number of ketones is 1. The van der Waals surface area contributed by atoms with Crippen LogP contribution >= 0.6 is 11.3 Å². The van der Waals surface area contributed by atoms with Crippen LogP contribution in [0.15, 0.2) is 53.9 Å². The zero-order chi connectivity index (χ0) is 28.8. The average Bonchev–Trinajstić information content (AvgIpc) is 3.54. The van der Waals surface area contributed by atoms with Gasteiger partial charge in [-0.2, -0.15) is 0 Å². The average molecular weight is 576 g/mol. The maximum absolute atomic E-state index is 13.2. The fourth-order valence-corrected chi connectivity index (χ4v) is 6.77. The Hall–Kier alpha value is -3.72. The fraction of sp³-hybridized carbons (Fsp3) is 0.438. The molecule has 8 nitrogen and oxygen atoms in total. The van der Waals surface area contributed by atoms with E-state index in [1.165, 1.54) is 5.56 Å². The lowest BCUT2D eigenvalue weighted by molar-refractivity contribution is -0.132. The molecular formula is C32H37N3O5S. The van der Waals surface area contributed by atoms with Gasteiger partial charge in [0.2, 0.25) is 5.91 Å². The number of para-hydroxylation sites is 1. The maximum atomic E-state index is 13.2. The van der Waals surface area contributed by atoms with Crippen molar-refractivity contribution >= 4 is 28.9 Å². The number of piperidine rings is 2. The normalized spacial score (nSPS) is 16.4. The zero-order valence-electron chi connectivity index (χ0n) is 23.7. The van der Waals surface area contributed by atoms with Gasteiger partial charge in [0, 0.05) is 55.9 Å². The van der Waals surface area contributed by atoms with Crippen molar-refractivity contribution in [2.24, 2.45) is 0 Å². The molecule has 3 aromatic rings. The van der Waals surface area contributed by atoms with E-state index in [1.807, 2.05) is 33.4 Å². The number of methoxy groups -OCH3 is 2. The Morgan fingerprint density at radius 2 is 1.49 bits per heavy atom. The Labute approximate surface area is 245 Å². The van der Waals surface area contributed by atoms with Gasteiger partial charge in [0.05, 0.1) is 19.2 Å². The molecule has 3 heterocycles. The summed E-state index contributed by atoms with van der Waals surface area (Å²) < 4.78 is 10.7. The summed E-state index contributed by atoms with van der Waals surface area (Å²) in [5.74, 6) is 2.20. The molecule has 0 unspecified atom stereocenters. The SMILES string of the molecule is COc1ccc(C(=O)CCC(=O)N2CCC(c3nc(C(=O)N4CCC(c5ccccc5OC)CC4)cs3)CC2)cc1. The molecule has 2 aliphatic heterocycles. The Morgan fingerprint density at radius 3 is 2.17 bits per heavy atom. The van der Waals surface area contributed by atoms with Crippen LogP contribution in [0.1, 0.15) is 81.8 Å². The number of benzene rings is 2. The molecule has 2 saturated heterocycles. The van der Waals surface area contributed by atoms with Crippen LogP contribution in [0.25, 0.3) is 0 Å². The third-order valence-electron chi connectivity index (χ3n) is 8.28. The molecule has 5 rings (SSSR count). The van der Waals surface area contributed by atoms with E-state index < -0.39 is 0 Å². The van der Waals surface area contributed by atoms with Crippen LogP contribution in [-0.2, 0) is 4.79 Å². The summed E-state index contributed by atoms with van der Waals surface area (Å²) in [4.78, 5) is 47.0. The van der Waals surface area contributed by atoms with Crippen LogP contribution in [0, 0.1) is 0 Å². The minimum atomic E-state index is -0.0418. The predicted molar refractivity (Wildman–Crippen MR) is 158 cm³/mol. The van der Waals surface area contributed by atoms with Crippen molar-refractivity contribution in [2.75, 3.05) is 40.4 Å². The highest BCUT2D eigenvalue weighted by atomic mass is 32.1. The second-order valence-corrected chi connectivity index (χ2v) is 11.6. The number of amides is 2. The number of rotatable bonds is 9. The monoisotopic (exact) mass is 575 g/mol. The minimum Gasteiger partial charge on any atom is -0.497 e. The molecule has 0 saturated carbocycles. The fourth-order valence-electron chi connectivity index (χ4n) is 5.81. The van der Waals surface area contributed by atoms with Crippen LogP contribution < -0.4 is 9.47 Å². The molecule has 0 N–H and O–H groups in total. The molecule has 1 aromatic heterocycles. The topological polar surface area (TPSA) is 89.0 Å². The van der Waals surface area contributed by atoms with Crippen molar-refractivity contribution in [3.63, 3.8) is 0 Å². The summed E-state index contributed by atoms with van der Waals surface area (Å²) in [6.07, 6.45) is 3.83. The first-order valence-corrected chi connectivity index (χ1v) is 15.2. The number of ether oxygens (including phenoxy) is 2. The molecule has 0 spiro atoms. The van der Waals surface area contributed by atoms with Gasteiger partial charge in [0.25, 0.3) is 5.91 Å². The molecule has 0 bridgehead atoms. The van der Waals surface area contributed by atoms with E-state index in [0.717, 1.165) is 36.4 Å². The number of nitrogens with zero attached hydrogens (tertiary/aromatic N) is 3. The van der Waals surface area contributed by atoms with Crippen LogP contribution in [-0.4, -0.2) is 72.8 Å². The highest BCUT2D eigenvalue weighted by Gasteiger charge is 2.30. The van der Waals surface area contributed by atoms with Gasteiger partial charge < -0.3 is 19.3 Å². The van der Waals surface area contributed by atoms with E-state index >= 15 is 0 Å². The van der Waals surface area contributed by atoms with Gasteiger partial charge in [-0.15, -0.1) is 11.3 Å². The third-order valence-corrected chi connectivity index (χ3v) is 9.28. The van der Waals surface area contributed by atoms with Crippen LogP contribution in [0.5, 0.6) is 11.5 Å². The number of hydrogen-bond donors (Lipinski definition) is 0. The molecule has 41 heavy (non-hydrogen) atoms. The lowest BCUT2D eigenvalue weighted by atomic mass is 9.88. The lowest BCUT2D eigenvalue weighted by Gasteiger charge is -2.32. The summed E-state index contributed by atoms with van der Waals surface area (Å²) >= 11 is 1.54. The number of carbonyl (C=O) groups is 3. The molecule has 2 amide bonds. The highest BCUT2D eigenvalue weighted by molar-refractivity contribution is 7.09. The molecule has 2 aromatic carbocycles.